The van der Waals surface area contributed by atoms with Crippen molar-refractivity contribution in [3.05, 3.63) is 0 Å². The highest BCUT2D eigenvalue weighted by molar-refractivity contribution is 9.12. The second kappa shape index (κ2) is 5.54. The molecular formula is C5H10Br2N4. The predicted octanol–water partition coefficient (Wildman–Crippen LogP) is 0.438. The Morgan fingerprint density at radius 2 is 2.09 bits per heavy atom. The molecule has 4 nitrogen and oxygen atoms in total. The molecule has 5 N–H and O–H groups in total. The first-order valence-corrected chi connectivity index (χ1v) is 4.96. The Balaban J connectivity index is 3.82. The van der Waals surface area contributed by atoms with Crippen molar-refractivity contribution in [2.45, 2.75) is 4.83 Å². The molecule has 0 bridgehead atoms. The molecule has 0 aliphatic carbocycles. The molecule has 0 fully saturated rings. The first kappa shape index (κ1) is 10.9. The van der Waals surface area contributed by atoms with Gasteiger partial charge in [0.2, 0.25) is 0 Å². The minimum Gasteiger partial charge on any atom is -0.381 e. The van der Waals surface area contributed by atoms with Crippen molar-refractivity contribution in [3.63, 3.8) is 0 Å². The molecule has 0 rings (SSSR count). The zero-order valence-corrected chi connectivity index (χ0v) is 9.02. The lowest BCUT2D eigenvalue weighted by Crippen LogP contribution is -2.31. The molecule has 0 aromatic rings. The van der Waals surface area contributed by atoms with Gasteiger partial charge in [0.05, 0.1) is 6.54 Å². The highest BCUT2D eigenvalue weighted by Crippen LogP contribution is 2.02. The van der Waals surface area contributed by atoms with E-state index in [0.29, 0.717) is 6.54 Å². The first-order valence-electron chi connectivity index (χ1n) is 2.92. The second-order valence-electron chi connectivity index (χ2n) is 1.89. The summed E-state index contributed by atoms with van der Waals surface area (Å²) in [7, 11) is 0. The number of hydrogen-bond acceptors (Lipinski definition) is 2. The number of hydrogen-bond donors (Lipinski definition) is 3. The van der Waals surface area contributed by atoms with Crippen LogP contribution in [0.4, 0.5) is 0 Å². The van der Waals surface area contributed by atoms with Gasteiger partial charge in [-0.05, 0) is 0 Å². The maximum Gasteiger partial charge on any atom is 0.161 e. The van der Waals surface area contributed by atoms with Gasteiger partial charge in [0.1, 0.15) is 0 Å². The molecule has 0 saturated heterocycles. The number of aliphatic imine (C=N–C) groups is 1. The zero-order chi connectivity index (χ0) is 8.85. The van der Waals surface area contributed by atoms with Crippen molar-refractivity contribution < 1.29 is 0 Å². The van der Waals surface area contributed by atoms with E-state index in [1.165, 1.54) is 0 Å². The number of alkyl halides is 2. The van der Waals surface area contributed by atoms with E-state index in [2.05, 4.69) is 36.9 Å². The van der Waals surface area contributed by atoms with Crippen LogP contribution in [0.2, 0.25) is 0 Å². The molecule has 0 aromatic carbocycles. The summed E-state index contributed by atoms with van der Waals surface area (Å²) < 4.78 is 0. The molecule has 0 aliphatic rings. The van der Waals surface area contributed by atoms with Crippen molar-refractivity contribution in [1.29, 1.82) is 5.41 Å². The minimum absolute atomic E-state index is 0.0930. The third-order valence-electron chi connectivity index (χ3n) is 0.903. The van der Waals surface area contributed by atoms with Gasteiger partial charge in [0, 0.05) is 10.2 Å². The second-order valence-corrected chi connectivity index (χ2v) is 3.83. The summed E-state index contributed by atoms with van der Waals surface area (Å²) in [5, 5.41) is 7.69. The third-order valence-corrected chi connectivity index (χ3v) is 3.17. The molecule has 1 unspecified atom stereocenters. The van der Waals surface area contributed by atoms with E-state index >= 15 is 0 Å². The smallest absolute Gasteiger partial charge is 0.161 e. The van der Waals surface area contributed by atoms with Gasteiger partial charge in [-0.1, -0.05) is 31.9 Å². The number of nitrogens with zero attached hydrogens (tertiary/aromatic N) is 1. The van der Waals surface area contributed by atoms with E-state index in [0.717, 1.165) is 5.33 Å². The van der Waals surface area contributed by atoms with E-state index in [9.17, 15) is 0 Å². The van der Waals surface area contributed by atoms with Crippen molar-refractivity contribution in [3.8, 4) is 0 Å². The molecular weight excluding hydrogens is 276 g/mol. The Hall–Kier alpha value is -0.100. The molecule has 64 valence electrons. The van der Waals surface area contributed by atoms with Crippen LogP contribution in [-0.4, -0.2) is 28.4 Å². The lowest BCUT2D eigenvalue weighted by molar-refractivity contribution is 0.983. The number of halogens is 2. The van der Waals surface area contributed by atoms with Crippen molar-refractivity contribution in [1.82, 2.24) is 0 Å². The molecule has 0 amide bonds. The minimum atomic E-state index is -0.181. The van der Waals surface area contributed by atoms with Crippen molar-refractivity contribution in [2.24, 2.45) is 16.5 Å². The van der Waals surface area contributed by atoms with Gasteiger partial charge in [0.15, 0.2) is 11.7 Å². The van der Waals surface area contributed by atoms with E-state index in [-0.39, 0.29) is 16.5 Å². The summed E-state index contributed by atoms with van der Waals surface area (Å²) in [5.74, 6) is -0.0883. The lowest BCUT2D eigenvalue weighted by Gasteiger charge is -2.01. The van der Waals surface area contributed by atoms with Crippen LogP contribution in [0.15, 0.2) is 4.99 Å². The Kier molecular flexibility index (Phi) is 5.49. The Labute approximate surface area is 82.2 Å². The van der Waals surface area contributed by atoms with Crippen LogP contribution in [0.1, 0.15) is 0 Å². The highest BCUT2D eigenvalue weighted by atomic mass is 79.9. The summed E-state index contributed by atoms with van der Waals surface area (Å²) in [6, 6.07) is 0. The van der Waals surface area contributed by atoms with Gasteiger partial charge in [-0.15, -0.1) is 0 Å². The number of nitrogens with one attached hydrogen (secondary N) is 1. The summed E-state index contributed by atoms with van der Waals surface area (Å²) in [4.78, 5) is 4.10. The van der Waals surface area contributed by atoms with Crippen molar-refractivity contribution in [2.75, 3.05) is 11.9 Å². The zero-order valence-electron chi connectivity index (χ0n) is 5.85. The van der Waals surface area contributed by atoms with E-state index in [4.69, 9.17) is 16.9 Å². The maximum atomic E-state index is 6.90. The molecule has 11 heavy (non-hydrogen) atoms. The van der Waals surface area contributed by atoms with Crippen LogP contribution < -0.4 is 11.5 Å². The van der Waals surface area contributed by atoms with Crippen LogP contribution in [0.3, 0.4) is 0 Å². The van der Waals surface area contributed by atoms with Crippen LogP contribution >= 0.6 is 31.9 Å². The normalized spacial score (nSPS) is 14.5. The Morgan fingerprint density at radius 1 is 1.55 bits per heavy atom. The van der Waals surface area contributed by atoms with E-state index < -0.39 is 0 Å². The standard InChI is InChI=1S/C5H10Br2N4/c6-1-3(7)2-11-5(10)4(8)9/h3H,1-2H2,(H3,8,9)(H2,10,11). The number of amidine groups is 2. The highest BCUT2D eigenvalue weighted by Gasteiger charge is 2.00. The monoisotopic (exact) mass is 284 g/mol. The predicted molar refractivity (Wildman–Crippen MR) is 54.9 cm³/mol. The molecule has 1 atom stereocenters. The van der Waals surface area contributed by atoms with E-state index in [1.807, 2.05) is 0 Å². The largest absolute Gasteiger partial charge is 0.381 e. The fourth-order valence-electron chi connectivity index (χ4n) is 0.331. The molecule has 0 aliphatic heterocycles. The van der Waals surface area contributed by atoms with Crippen LogP contribution in [-0.2, 0) is 0 Å². The SMILES string of the molecule is N=C(N)C(N)=NCC(Br)CBr. The average molecular weight is 286 g/mol. The van der Waals surface area contributed by atoms with Crippen LogP contribution in [0.5, 0.6) is 0 Å². The summed E-state index contributed by atoms with van der Waals surface area (Å²) in [5.41, 5.74) is 10.3. The first-order chi connectivity index (χ1) is 5.07. The summed E-state index contributed by atoms with van der Waals surface area (Å²) >= 11 is 6.59. The Bertz CT molecular complexity index is 168. The molecule has 0 saturated carbocycles. The van der Waals surface area contributed by atoms with Gasteiger partial charge in [-0.25, -0.2) is 0 Å². The summed E-state index contributed by atoms with van der Waals surface area (Å²) in [6.45, 7) is 0.524. The van der Waals surface area contributed by atoms with Gasteiger partial charge < -0.3 is 11.5 Å². The maximum absolute atomic E-state index is 6.90. The topological polar surface area (TPSA) is 88.2 Å². The average Bonchev–Trinajstić information content (AvgIpc) is 1.99. The quantitative estimate of drug-likeness (QED) is 0.399. The number of rotatable bonds is 3. The van der Waals surface area contributed by atoms with E-state index in [1.54, 1.807) is 0 Å². The van der Waals surface area contributed by atoms with Crippen LogP contribution in [0, 0.1) is 5.41 Å². The third kappa shape index (κ3) is 5.20. The Morgan fingerprint density at radius 3 is 2.45 bits per heavy atom. The molecule has 0 heterocycles. The van der Waals surface area contributed by atoms with Gasteiger partial charge in [0.25, 0.3) is 0 Å². The number of nitrogens with two attached hydrogens (primary N) is 2. The van der Waals surface area contributed by atoms with Crippen LogP contribution in [0.25, 0.3) is 0 Å². The van der Waals surface area contributed by atoms with Crippen molar-refractivity contribution >= 4 is 43.5 Å². The van der Waals surface area contributed by atoms with Gasteiger partial charge >= 0.3 is 0 Å². The van der Waals surface area contributed by atoms with Gasteiger partial charge in [-0.2, -0.15) is 0 Å². The lowest BCUT2D eigenvalue weighted by atomic mass is 10.5. The molecule has 6 heteroatoms. The summed E-state index contributed by atoms with van der Waals surface area (Å²) in [6.07, 6.45) is 0. The molecule has 0 radical (unpaired) electrons. The fraction of sp³-hybridized carbons (Fsp3) is 0.600. The van der Waals surface area contributed by atoms with Gasteiger partial charge in [-0.3, -0.25) is 10.4 Å². The molecule has 0 spiro atoms. The fourth-order valence-corrected chi connectivity index (χ4v) is 0.681. The molecule has 0 aromatic heterocycles.